The molecule has 5 heteroatoms. The fourth-order valence-electron chi connectivity index (χ4n) is 4.49. The van der Waals surface area contributed by atoms with Gasteiger partial charge in [-0.3, -0.25) is 9.88 Å². The summed E-state index contributed by atoms with van der Waals surface area (Å²) in [6, 6.07) is 12.8. The van der Waals surface area contributed by atoms with Crippen LogP contribution in [0, 0.1) is 5.41 Å². The number of aromatic nitrogens is 1. The van der Waals surface area contributed by atoms with Crippen LogP contribution in [-0.2, 0) is 19.5 Å². The predicted octanol–water partition coefficient (Wildman–Crippen LogP) is 3.19. The molecule has 1 saturated heterocycles. The molecule has 138 valence electrons. The van der Waals surface area contributed by atoms with Crippen LogP contribution in [0.1, 0.15) is 29.7 Å². The van der Waals surface area contributed by atoms with Crippen molar-refractivity contribution in [3.8, 4) is 5.75 Å². The quantitative estimate of drug-likeness (QED) is 0.895. The van der Waals surface area contributed by atoms with E-state index in [4.69, 9.17) is 4.74 Å². The molecule has 0 amide bonds. The van der Waals surface area contributed by atoms with Gasteiger partial charge in [0.25, 0.3) is 0 Å². The molecule has 5 rings (SSSR count). The van der Waals surface area contributed by atoms with Crippen molar-refractivity contribution in [2.75, 3.05) is 19.6 Å². The molecule has 1 saturated carbocycles. The second-order valence-electron chi connectivity index (χ2n) is 7.93. The Hall–Kier alpha value is -1.62. The summed E-state index contributed by atoms with van der Waals surface area (Å²) in [6.45, 7) is 5.34. The predicted molar refractivity (Wildman–Crippen MR) is 105 cm³/mol. The van der Waals surface area contributed by atoms with E-state index in [9.17, 15) is 0 Å². The summed E-state index contributed by atoms with van der Waals surface area (Å²) in [5.74, 6) is 1.06. The average molecular weight is 372 g/mol. The zero-order valence-electron chi connectivity index (χ0n) is 15.0. The molecule has 3 heterocycles. The summed E-state index contributed by atoms with van der Waals surface area (Å²) in [5, 5.41) is 3.39. The molecule has 1 spiro atoms. The number of nitrogens with zero attached hydrogens (tertiary/aromatic N) is 2. The molecular formula is C21H26ClN3O. The molecule has 4 nitrogen and oxygen atoms in total. The van der Waals surface area contributed by atoms with Crippen molar-refractivity contribution in [3.05, 3.63) is 59.4 Å². The van der Waals surface area contributed by atoms with Crippen LogP contribution < -0.4 is 10.1 Å². The van der Waals surface area contributed by atoms with Gasteiger partial charge in [-0.1, -0.05) is 30.3 Å². The molecule has 1 aliphatic carbocycles. The van der Waals surface area contributed by atoms with Crippen LogP contribution in [0.4, 0.5) is 0 Å². The number of fused-ring (bicyclic) bond motifs is 1. The first-order valence-corrected chi connectivity index (χ1v) is 9.40. The lowest BCUT2D eigenvalue weighted by Gasteiger charge is -2.53. The van der Waals surface area contributed by atoms with Gasteiger partial charge in [0, 0.05) is 62.0 Å². The molecular weight excluding hydrogens is 346 g/mol. The number of nitrogens with one attached hydrogen (secondary N) is 1. The second kappa shape index (κ2) is 7.18. The molecule has 1 N–H and O–H groups in total. The normalized spacial score (nSPS) is 21.2. The number of pyridine rings is 1. The number of hydrogen-bond acceptors (Lipinski definition) is 4. The minimum Gasteiger partial charge on any atom is -0.490 e. The Morgan fingerprint density at radius 1 is 1.15 bits per heavy atom. The van der Waals surface area contributed by atoms with E-state index >= 15 is 0 Å². The molecule has 0 bridgehead atoms. The maximum atomic E-state index is 6.38. The number of ether oxygens (including phenoxy) is 1. The third kappa shape index (κ3) is 3.34. The Morgan fingerprint density at radius 3 is 2.69 bits per heavy atom. The van der Waals surface area contributed by atoms with E-state index < -0.39 is 0 Å². The zero-order chi connectivity index (χ0) is 16.7. The lowest BCUT2D eigenvalue weighted by molar-refractivity contribution is -0.0502. The van der Waals surface area contributed by atoms with Crippen molar-refractivity contribution in [1.82, 2.24) is 15.2 Å². The zero-order valence-corrected chi connectivity index (χ0v) is 15.8. The van der Waals surface area contributed by atoms with Gasteiger partial charge in [-0.2, -0.15) is 0 Å². The summed E-state index contributed by atoms with van der Waals surface area (Å²) in [5.41, 5.74) is 4.45. The fourth-order valence-corrected chi connectivity index (χ4v) is 4.49. The van der Waals surface area contributed by atoms with E-state index in [1.54, 1.807) is 0 Å². The first-order valence-electron chi connectivity index (χ1n) is 9.40. The molecule has 2 fully saturated rings. The van der Waals surface area contributed by atoms with E-state index in [2.05, 4.69) is 51.6 Å². The van der Waals surface area contributed by atoms with Crippen molar-refractivity contribution in [1.29, 1.82) is 0 Å². The monoisotopic (exact) mass is 371 g/mol. The minimum absolute atomic E-state index is 0. The van der Waals surface area contributed by atoms with Gasteiger partial charge >= 0.3 is 0 Å². The van der Waals surface area contributed by atoms with Crippen LogP contribution in [-0.4, -0.2) is 35.6 Å². The highest BCUT2D eigenvalue weighted by Crippen LogP contribution is 2.46. The number of halogens is 1. The smallest absolute Gasteiger partial charge is 0.127 e. The molecule has 0 radical (unpaired) electrons. The van der Waals surface area contributed by atoms with Gasteiger partial charge in [-0.25, -0.2) is 0 Å². The van der Waals surface area contributed by atoms with E-state index in [1.165, 1.54) is 42.8 Å². The van der Waals surface area contributed by atoms with Crippen LogP contribution in [0.2, 0.25) is 0 Å². The van der Waals surface area contributed by atoms with Crippen molar-refractivity contribution < 1.29 is 4.74 Å². The molecule has 26 heavy (non-hydrogen) atoms. The molecule has 1 aromatic heterocycles. The van der Waals surface area contributed by atoms with Crippen LogP contribution in [0.15, 0.2) is 42.6 Å². The molecule has 0 unspecified atom stereocenters. The van der Waals surface area contributed by atoms with Gasteiger partial charge in [-0.05, 0) is 24.5 Å². The van der Waals surface area contributed by atoms with Gasteiger partial charge in [0.15, 0.2) is 0 Å². The van der Waals surface area contributed by atoms with Gasteiger partial charge < -0.3 is 10.1 Å². The van der Waals surface area contributed by atoms with E-state index in [0.29, 0.717) is 11.5 Å². The Morgan fingerprint density at radius 2 is 1.96 bits per heavy atom. The molecule has 3 aliphatic rings. The fraction of sp³-hybridized carbons (Fsp3) is 0.476. The van der Waals surface area contributed by atoms with Crippen LogP contribution in [0.3, 0.4) is 0 Å². The lowest BCUT2D eigenvalue weighted by atomic mass is 9.63. The first-order chi connectivity index (χ1) is 12.3. The highest BCUT2D eigenvalue weighted by Gasteiger charge is 2.49. The lowest BCUT2D eigenvalue weighted by Crippen LogP contribution is -2.62. The molecule has 2 aromatic rings. The van der Waals surface area contributed by atoms with Crippen molar-refractivity contribution in [3.63, 3.8) is 0 Å². The third-order valence-corrected chi connectivity index (χ3v) is 6.01. The second-order valence-corrected chi connectivity index (χ2v) is 7.93. The number of hydrogen-bond donors (Lipinski definition) is 1. The maximum absolute atomic E-state index is 6.38. The van der Waals surface area contributed by atoms with Crippen molar-refractivity contribution >= 4 is 12.4 Å². The van der Waals surface area contributed by atoms with Gasteiger partial charge in [0.2, 0.25) is 0 Å². The highest BCUT2D eigenvalue weighted by molar-refractivity contribution is 5.85. The van der Waals surface area contributed by atoms with E-state index in [0.717, 1.165) is 31.8 Å². The number of rotatable bonds is 4. The summed E-state index contributed by atoms with van der Waals surface area (Å²) < 4.78 is 6.38. The SMILES string of the molecule is Cl.c1ccc(CN2CCc3nccc(OC4CC5(CNC5)C4)c3C2)cc1. The topological polar surface area (TPSA) is 37.4 Å². The minimum atomic E-state index is 0. The van der Waals surface area contributed by atoms with Crippen LogP contribution in [0.5, 0.6) is 5.75 Å². The van der Waals surface area contributed by atoms with E-state index in [1.807, 2.05) is 6.20 Å². The van der Waals surface area contributed by atoms with Gasteiger partial charge in [-0.15, -0.1) is 12.4 Å². The average Bonchev–Trinajstić information content (AvgIpc) is 2.57. The molecule has 2 aliphatic heterocycles. The molecule has 0 atom stereocenters. The van der Waals surface area contributed by atoms with Crippen LogP contribution in [0.25, 0.3) is 0 Å². The Kier molecular flexibility index (Phi) is 4.91. The van der Waals surface area contributed by atoms with Gasteiger partial charge in [0.1, 0.15) is 5.75 Å². The first kappa shape index (κ1) is 17.8. The summed E-state index contributed by atoms with van der Waals surface area (Å²) in [6.07, 6.45) is 5.71. The Bertz CT molecular complexity index is 755. The van der Waals surface area contributed by atoms with Gasteiger partial charge in [0.05, 0.1) is 6.10 Å². The number of benzene rings is 1. The maximum Gasteiger partial charge on any atom is 0.127 e. The van der Waals surface area contributed by atoms with Crippen LogP contribution >= 0.6 is 12.4 Å². The molecule has 1 aromatic carbocycles. The van der Waals surface area contributed by atoms with E-state index in [-0.39, 0.29) is 12.4 Å². The van der Waals surface area contributed by atoms with Crippen molar-refractivity contribution in [2.45, 2.75) is 38.5 Å². The third-order valence-electron chi connectivity index (χ3n) is 6.01. The largest absolute Gasteiger partial charge is 0.490 e. The van der Waals surface area contributed by atoms with Crippen molar-refractivity contribution in [2.24, 2.45) is 5.41 Å². The Labute approximate surface area is 161 Å². The highest BCUT2D eigenvalue weighted by atomic mass is 35.5. The summed E-state index contributed by atoms with van der Waals surface area (Å²) >= 11 is 0. The summed E-state index contributed by atoms with van der Waals surface area (Å²) in [4.78, 5) is 7.12. The standard InChI is InChI=1S/C21H25N3O.ClH/c1-2-4-16(5-3-1)12-24-9-7-19-18(13-24)20(6-8-23-19)25-17-10-21(11-17)14-22-15-21;/h1-6,8,17,22H,7,9-15H2;1H. The summed E-state index contributed by atoms with van der Waals surface area (Å²) in [7, 11) is 0. The Balaban J connectivity index is 0.00000168.